The maximum atomic E-state index is 13.5. The third-order valence-corrected chi connectivity index (χ3v) is 3.84. The molecule has 1 saturated carbocycles. The van der Waals surface area contributed by atoms with Gasteiger partial charge < -0.3 is 9.47 Å². The molecule has 0 radical (unpaired) electrons. The van der Waals surface area contributed by atoms with Crippen LogP contribution in [0.2, 0.25) is 0 Å². The van der Waals surface area contributed by atoms with Gasteiger partial charge in [-0.05, 0) is 31.4 Å². The van der Waals surface area contributed by atoms with Crippen molar-refractivity contribution < 1.29 is 13.9 Å². The molecule has 1 aliphatic carbocycles. The van der Waals surface area contributed by atoms with E-state index in [2.05, 4.69) is 0 Å². The Morgan fingerprint density at radius 3 is 2.82 bits per heavy atom. The van der Waals surface area contributed by atoms with Gasteiger partial charge in [0, 0.05) is 12.8 Å². The van der Waals surface area contributed by atoms with E-state index in [1.165, 1.54) is 12.5 Å². The third-order valence-electron chi connectivity index (χ3n) is 3.84. The molecule has 0 bridgehead atoms. The summed E-state index contributed by atoms with van der Waals surface area (Å²) in [5.74, 6) is 0.0931. The zero-order valence-electron chi connectivity index (χ0n) is 9.82. The molecule has 3 rings (SSSR count). The molecular weight excluding hydrogens is 219 g/mol. The molecule has 0 N–H and O–H groups in total. The number of rotatable bonds is 2. The molecule has 1 spiro atoms. The summed E-state index contributed by atoms with van der Waals surface area (Å²) in [7, 11) is 0. The van der Waals surface area contributed by atoms with E-state index in [0.717, 1.165) is 32.3 Å². The number of para-hydroxylation sites is 1. The summed E-state index contributed by atoms with van der Waals surface area (Å²) < 4.78 is 25.1. The molecule has 2 fully saturated rings. The van der Waals surface area contributed by atoms with Gasteiger partial charge in [-0.15, -0.1) is 0 Å². The van der Waals surface area contributed by atoms with Crippen LogP contribution in [0.15, 0.2) is 24.3 Å². The van der Waals surface area contributed by atoms with Crippen molar-refractivity contribution in [1.82, 2.24) is 0 Å². The lowest BCUT2D eigenvalue weighted by Gasteiger charge is -2.46. The third kappa shape index (κ3) is 2.16. The van der Waals surface area contributed by atoms with E-state index in [-0.39, 0.29) is 17.5 Å². The van der Waals surface area contributed by atoms with Crippen LogP contribution in [-0.2, 0) is 4.74 Å². The topological polar surface area (TPSA) is 18.5 Å². The highest BCUT2D eigenvalue weighted by atomic mass is 19.1. The number of halogens is 1. The van der Waals surface area contributed by atoms with Crippen molar-refractivity contribution in [1.29, 1.82) is 0 Å². The first-order chi connectivity index (χ1) is 8.27. The predicted octanol–water partition coefficient (Wildman–Crippen LogP) is 3.31. The summed E-state index contributed by atoms with van der Waals surface area (Å²) in [4.78, 5) is 0. The van der Waals surface area contributed by atoms with Gasteiger partial charge in [0.05, 0.1) is 12.2 Å². The van der Waals surface area contributed by atoms with Crippen LogP contribution >= 0.6 is 0 Å². The Balaban J connectivity index is 1.67. The smallest absolute Gasteiger partial charge is 0.165 e. The van der Waals surface area contributed by atoms with E-state index in [0.29, 0.717) is 5.75 Å². The van der Waals surface area contributed by atoms with Crippen molar-refractivity contribution in [3.05, 3.63) is 30.1 Å². The van der Waals surface area contributed by atoms with Gasteiger partial charge in [0.25, 0.3) is 0 Å². The van der Waals surface area contributed by atoms with Crippen LogP contribution in [-0.4, -0.2) is 18.3 Å². The molecule has 92 valence electrons. The SMILES string of the molecule is Fc1ccccc1OC1CCOC2(CCC2)C1. The lowest BCUT2D eigenvalue weighted by molar-refractivity contribution is -0.153. The molecule has 1 saturated heterocycles. The number of ether oxygens (including phenoxy) is 2. The van der Waals surface area contributed by atoms with Gasteiger partial charge in [-0.2, -0.15) is 0 Å². The van der Waals surface area contributed by atoms with Crippen molar-refractivity contribution in [2.45, 2.75) is 43.8 Å². The largest absolute Gasteiger partial charge is 0.487 e. The molecule has 1 unspecified atom stereocenters. The average molecular weight is 236 g/mol. The summed E-state index contributed by atoms with van der Waals surface area (Å²) in [6.45, 7) is 0.735. The highest BCUT2D eigenvalue weighted by molar-refractivity contribution is 5.24. The van der Waals surface area contributed by atoms with Crippen LogP contribution in [0.3, 0.4) is 0 Å². The Morgan fingerprint density at radius 1 is 1.29 bits per heavy atom. The molecule has 2 aliphatic rings. The molecule has 1 aromatic carbocycles. The van der Waals surface area contributed by atoms with Crippen molar-refractivity contribution >= 4 is 0 Å². The van der Waals surface area contributed by atoms with Crippen LogP contribution in [0.25, 0.3) is 0 Å². The summed E-state index contributed by atoms with van der Waals surface area (Å²) in [6, 6.07) is 6.61. The molecule has 17 heavy (non-hydrogen) atoms. The zero-order chi connectivity index (χ0) is 11.7. The van der Waals surface area contributed by atoms with Gasteiger partial charge in [0.1, 0.15) is 6.10 Å². The molecule has 3 heteroatoms. The van der Waals surface area contributed by atoms with E-state index >= 15 is 0 Å². The van der Waals surface area contributed by atoms with Crippen LogP contribution in [0.5, 0.6) is 5.75 Å². The fourth-order valence-electron chi connectivity index (χ4n) is 2.72. The Labute approximate surface area is 101 Å². The van der Waals surface area contributed by atoms with Crippen LogP contribution in [0.1, 0.15) is 32.1 Å². The van der Waals surface area contributed by atoms with Crippen LogP contribution < -0.4 is 4.74 Å². The van der Waals surface area contributed by atoms with E-state index in [9.17, 15) is 4.39 Å². The Morgan fingerprint density at radius 2 is 2.12 bits per heavy atom. The maximum absolute atomic E-state index is 13.5. The fourth-order valence-corrected chi connectivity index (χ4v) is 2.72. The monoisotopic (exact) mass is 236 g/mol. The highest BCUT2D eigenvalue weighted by Gasteiger charge is 2.43. The lowest BCUT2D eigenvalue weighted by atomic mass is 9.74. The number of hydrogen-bond donors (Lipinski definition) is 0. The molecule has 1 aliphatic heterocycles. The highest BCUT2D eigenvalue weighted by Crippen LogP contribution is 2.43. The van der Waals surface area contributed by atoms with Gasteiger partial charge in [-0.3, -0.25) is 0 Å². The van der Waals surface area contributed by atoms with Gasteiger partial charge >= 0.3 is 0 Å². The summed E-state index contributed by atoms with van der Waals surface area (Å²) in [5, 5.41) is 0. The molecule has 1 aromatic rings. The fraction of sp³-hybridized carbons (Fsp3) is 0.571. The zero-order valence-corrected chi connectivity index (χ0v) is 9.82. The number of benzene rings is 1. The molecular formula is C14H17FO2. The molecule has 1 heterocycles. The first-order valence-corrected chi connectivity index (χ1v) is 6.33. The standard InChI is InChI=1S/C14H17FO2/c15-12-4-1-2-5-13(12)17-11-6-9-16-14(10-11)7-3-8-14/h1-2,4-5,11H,3,6-10H2. The summed E-state index contributed by atoms with van der Waals surface area (Å²) in [6.07, 6.45) is 5.36. The van der Waals surface area contributed by atoms with E-state index in [1.807, 2.05) is 0 Å². The second-order valence-electron chi connectivity index (χ2n) is 5.05. The minimum atomic E-state index is -0.276. The molecule has 2 nitrogen and oxygen atoms in total. The van der Waals surface area contributed by atoms with Crippen molar-refractivity contribution in [3.8, 4) is 5.75 Å². The van der Waals surface area contributed by atoms with E-state index < -0.39 is 0 Å². The minimum Gasteiger partial charge on any atom is -0.487 e. The van der Waals surface area contributed by atoms with Gasteiger partial charge in [-0.25, -0.2) is 4.39 Å². The maximum Gasteiger partial charge on any atom is 0.165 e. The van der Waals surface area contributed by atoms with Gasteiger partial charge in [-0.1, -0.05) is 12.1 Å². The first-order valence-electron chi connectivity index (χ1n) is 6.33. The Hall–Kier alpha value is -1.09. The minimum absolute atomic E-state index is 0.0498. The lowest BCUT2D eigenvalue weighted by Crippen LogP contribution is -2.48. The molecule has 0 amide bonds. The van der Waals surface area contributed by atoms with E-state index in [1.54, 1.807) is 18.2 Å². The summed E-state index contributed by atoms with van der Waals surface area (Å²) >= 11 is 0. The van der Waals surface area contributed by atoms with Crippen molar-refractivity contribution in [2.24, 2.45) is 0 Å². The normalized spacial score (nSPS) is 26.5. The van der Waals surface area contributed by atoms with E-state index in [4.69, 9.17) is 9.47 Å². The van der Waals surface area contributed by atoms with Crippen LogP contribution in [0, 0.1) is 5.82 Å². The molecule has 1 atom stereocenters. The number of hydrogen-bond acceptors (Lipinski definition) is 2. The van der Waals surface area contributed by atoms with Crippen LogP contribution in [0.4, 0.5) is 4.39 Å². The Kier molecular flexibility index (Phi) is 2.79. The van der Waals surface area contributed by atoms with Gasteiger partial charge in [0.2, 0.25) is 0 Å². The predicted molar refractivity (Wildman–Crippen MR) is 62.6 cm³/mol. The average Bonchev–Trinajstić information content (AvgIpc) is 2.31. The second-order valence-corrected chi connectivity index (χ2v) is 5.05. The molecule has 0 aromatic heterocycles. The first kappa shape index (κ1) is 11.0. The van der Waals surface area contributed by atoms with Crippen molar-refractivity contribution in [3.63, 3.8) is 0 Å². The van der Waals surface area contributed by atoms with Gasteiger partial charge in [0.15, 0.2) is 11.6 Å². The Bertz CT molecular complexity index is 401. The van der Waals surface area contributed by atoms with Crippen molar-refractivity contribution in [2.75, 3.05) is 6.61 Å². The second kappa shape index (κ2) is 4.30. The summed E-state index contributed by atoms with van der Waals surface area (Å²) in [5.41, 5.74) is 0.0498. The quantitative estimate of drug-likeness (QED) is 0.784.